The number of carboxylic acids is 1. The molecule has 5 nitrogen and oxygen atoms in total. The molecule has 0 spiro atoms. The first-order valence-electron chi connectivity index (χ1n) is 6.92. The van der Waals surface area contributed by atoms with Crippen molar-refractivity contribution in [1.82, 2.24) is 5.32 Å². The lowest BCUT2D eigenvalue weighted by Crippen LogP contribution is -2.41. The molecule has 0 aliphatic rings. The van der Waals surface area contributed by atoms with E-state index < -0.39 is 12.0 Å². The van der Waals surface area contributed by atoms with Crippen LogP contribution in [0.15, 0.2) is 0 Å². The van der Waals surface area contributed by atoms with E-state index in [-0.39, 0.29) is 17.9 Å². The zero-order valence-corrected chi connectivity index (χ0v) is 12.5. The molecule has 112 valence electrons. The summed E-state index contributed by atoms with van der Waals surface area (Å²) in [4.78, 5) is 22.6. The molecule has 0 fully saturated rings. The highest BCUT2D eigenvalue weighted by Gasteiger charge is 2.20. The monoisotopic (exact) mass is 273 g/mol. The van der Waals surface area contributed by atoms with Crippen molar-refractivity contribution >= 4 is 11.9 Å². The molecule has 1 unspecified atom stereocenters. The summed E-state index contributed by atoms with van der Waals surface area (Å²) in [5.74, 6) is -1.21. The lowest BCUT2D eigenvalue weighted by atomic mass is 10.1. The number of nitrogens with one attached hydrogen (secondary N) is 1. The number of ether oxygens (including phenoxy) is 1. The van der Waals surface area contributed by atoms with Crippen LogP contribution in [0.3, 0.4) is 0 Å². The SMILES string of the molecule is CCCCCC(=O)NC(CCOC(C)(C)C)C(=O)O. The summed E-state index contributed by atoms with van der Waals surface area (Å²) in [6.45, 7) is 8.10. The van der Waals surface area contributed by atoms with Crippen LogP contribution in [-0.4, -0.2) is 35.2 Å². The predicted octanol–water partition coefficient (Wildman–Crippen LogP) is 2.34. The summed E-state index contributed by atoms with van der Waals surface area (Å²) in [6.07, 6.45) is 3.49. The van der Waals surface area contributed by atoms with Crippen molar-refractivity contribution in [3.05, 3.63) is 0 Å². The molecule has 0 aromatic heterocycles. The van der Waals surface area contributed by atoms with Crippen LogP contribution in [0.4, 0.5) is 0 Å². The average molecular weight is 273 g/mol. The van der Waals surface area contributed by atoms with E-state index in [2.05, 4.69) is 12.2 Å². The van der Waals surface area contributed by atoms with E-state index in [1.54, 1.807) is 0 Å². The highest BCUT2D eigenvalue weighted by Crippen LogP contribution is 2.08. The zero-order chi connectivity index (χ0) is 14.9. The van der Waals surface area contributed by atoms with Crippen molar-refractivity contribution in [3.8, 4) is 0 Å². The Labute approximate surface area is 115 Å². The topological polar surface area (TPSA) is 75.6 Å². The molecule has 0 aliphatic heterocycles. The lowest BCUT2D eigenvalue weighted by molar-refractivity contribution is -0.142. The van der Waals surface area contributed by atoms with E-state index in [1.807, 2.05) is 20.8 Å². The van der Waals surface area contributed by atoms with Crippen LogP contribution >= 0.6 is 0 Å². The van der Waals surface area contributed by atoms with Gasteiger partial charge in [-0.15, -0.1) is 0 Å². The van der Waals surface area contributed by atoms with E-state index in [9.17, 15) is 9.59 Å². The molecule has 0 aromatic rings. The van der Waals surface area contributed by atoms with Crippen LogP contribution in [0, 0.1) is 0 Å². The fourth-order valence-electron chi connectivity index (χ4n) is 1.54. The van der Waals surface area contributed by atoms with E-state index >= 15 is 0 Å². The molecule has 0 rings (SSSR count). The van der Waals surface area contributed by atoms with E-state index in [4.69, 9.17) is 9.84 Å². The Kier molecular flexibility index (Phi) is 8.39. The van der Waals surface area contributed by atoms with Crippen molar-refractivity contribution < 1.29 is 19.4 Å². The number of rotatable bonds is 9. The van der Waals surface area contributed by atoms with E-state index in [1.165, 1.54) is 0 Å². The van der Waals surface area contributed by atoms with Gasteiger partial charge in [-0.3, -0.25) is 4.79 Å². The maximum absolute atomic E-state index is 11.6. The lowest BCUT2D eigenvalue weighted by Gasteiger charge is -2.21. The van der Waals surface area contributed by atoms with Crippen molar-refractivity contribution in [2.75, 3.05) is 6.61 Å². The Balaban J connectivity index is 4.05. The highest BCUT2D eigenvalue weighted by atomic mass is 16.5. The largest absolute Gasteiger partial charge is 0.480 e. The number of carboxylic acid groups (broad SMARTS) is 1. The summed E-state index contributed by atoms with van der Waals surface area (Å²) < 4.78 is 5.48. The molecule has 0 heterocycles. The first-order valence-corrected chi connectivity index (χ1v) is 6.92. The first-order chi connectivity index (χ1) is 8.76. The van der Waals surface area contributed by atoms with Gasteiger partial charge >= 0.3 is 5.97 Å². The van der Waals surface area contributed by atoms with Crippen molar-refractivity contribution in [2.24, 2.45) is 0 Å². The molecule has 0 saturated carbocycles. The van der Waals surface area contributed by atoms with Crippen LogP contribution in [0.1, 0.15) is 59.8 Å². The number of hydrogen-bond donors (Lipinski definition) is 2. The fraction of sp³-hybridized carbons (Fsp3) is 0.857. The van der Waals surface area contributed by atoms with Crippen LogP contribution in [0.5, 0.6) is 0 Å². The van der Waals surface area contributed by atoms with Gasteiger partial charge in [-0.25, -0.2) is 4.79 Å². The molecule has 0 aromatic carbocycles. The number of carbonyl (C=O) groups is 2. The number of unbranched alkanes of at least 4 members (excludes halogenated alkanes) is 2. The standard InChI is InChI=1S/C14H27NO4/c1-5-6-7-8-12(16)15-11(13(17)18)9-10-19-14(2,3)4/h11H,5-10H2,1-4H3,(H,15,16)(H,17,18). The van der Waals surface area contributed by atoms with Gasteiger partial charge in [0.25, 0.3) is 0 Å². The highest BCUT2D eigenvalue weighted by molar-refractivity contribution is 5.83. The number of amides is 1. The third-order valence-corrected chi connectivity index (χ3v) is 2.58. The maximum atomic E-state index is 11.6. The second-order valence-corrected chi connectivity index (χ2v) is 5.66. The van der Waals surface area contributed by atoms with Gasteiger partial charge in [0.05, 0.1) is 5.60 Å². The van der Waals surface area contributed by atoms with Gasteiger partial charge in [0.15, 0.2) is 0 Å². The normalized spacial score (nSPS) is 13.1. The zero-order valence-electron chi connectivity index (χ0n) is 12.5. The van der Waals surface area contributed by atoms with Gasteiger partial charge in [-0.2, -0.15) is 0 Å². The van der Waals surface area contributed by atoms with Gasteiger partial charge in [-0.1, -0.05) is 19.8 Å². The molecular weight excluding hydrogens is 246 g/mol. The molecule has 5 heteroatoms. The molecular formula is C14H27NO4. The van der Waals surface area contributed by atoms with Crippen LogP contribution < -0.4 is 5.32 Å². The Hall–Kier alpha value is -1.10. The second kappa shape index (κ2) is 8.91. The summed E-state index contributed by atoms with van der Waals surface area (Å²) in [7, 11) is 0. The van der Waals surface area contributed by atoms with Gasteiger partial charge in [0.2, 0.25) is 5.91 Å². The Morgan fingerprint density at radius 2 is 1.89 bits per heavy atom. The molecule has 0 radical (unpaired) electrons. The summed E-state index contributed by atoms with van der Waals surface area (Å²) in [5.41, 5.74) is -0.297. The third-order valence-electron chi connectivity index (χ3n) is 2.58. The van der Waals surface area contributed by atoms with Crippen LogP contribution in [-0.2, 0) is 14.3 Å². The predicted molar refractivity (Wildman–Crippen MR) is 74.0 cm³/mol. The number of carbonyl (C=O) groups excluding carboxylic acids is 1. The third kappa shape index (κ3) is 10.5. The van der Waals surface area contributed by atoms with Gasteiger partial charge in [-0.05, 0) is 27.2 Å². The minimum atomic E-state index is -1.01. The van der Waals surface area contributed by atoms with Crippen molar-refractivity contribution in [2.45, 2.75) is 71.4 Å². The second-order valence-electron chi connectivity index (χ2n) is 5.66. The van der Waals surface area contributed by atoms with Crippen molar-refractivity contribution in [3.63, 3.8) is 0 Å². The van der Waals surface area contributed by atoms with Gasteiger partial charge in [0, 0.05) is 19.4 Å². The minimum absolute atomic E-state index is 0.198. The first kappa shape index (κ1) is 17.9. The molecule has 0 saturated heterocycles. The van der Waals surface area contributed by atoms with Gasteiger partial charge < -0.3 is 15.2 Å². The Bertz CT molecular complexity index is 284. The fourth-order valence-corrected chi connectivity index (χ4v) is 1.54. The van der Waals surface area contributed by atoms with E-state index in [0.29, 0.717) is 13.0 Å². The van der Waals surface area contributed by atoms with E-state index in [0.717, 1.165) is 19.3 Å². The molecule has 0 aliphatic carbocycles. The molecule has 1 atom stereocenters. The van der Waals surface area contributed by atoms with Crippen molar-refractivity contribution in [1.29, 1.82) is 0 Å². The smallest absolute Gasteiger partial charge is 0.326 e. The minimum Gasteiger partial charge on any atom is -0.480 e. The molecule has 19 heavy (non-hydrogen) atoms. The number of aliphatic carboxylic acids is 1. The summed E-state index contributed by atoms with van der Waals surface area (Å²) >= 11 is 0. The quantitative estimate of drug-likeness (QED) is 0.632. The summed E-state index contributed by atoms with van der Waals surface area (Å²) in [5, 5.41) is 11.6. The Morgan fingerprint density at radius 1 is 1.26 bits per heavy atom. The average Bonchev–Trinajstić information content (AvgIpc) is 2.26. The van der Waals surface area contributed by atoms with Crippen LogP contribution in [0.2, 0.25) is 0 Å². The Morgan fingerprint density at radius 3 is 2.37 bits per heavy atom. The van der Waals surface area contributed by atoms with Gasteiger partial charge in [0.1, 0.15) is 6.04 Å². The molecule has 0 bridgehead atoms. The number of hydrogen-bond acceptors (Lipinski definition) is 3. The van der Waals surface area contributed by atoms with Crippen LogP contribution in [0.25, 0.3) is 0 Å². The summed E-state index contributed by atoms with van der Waals surface area (Å²) in [6, 6.07) is -0.864. The molecule has 1 amide bonds. The maximum Gasteiger partial charge on any atom is 0.326 e. The molecule has 2 N–H and O–H groups in total.